The van der Waals surface area contributed by atoms with Crippen molar-refractivity contribution in [2.75, 3.05) is 0 Å². The molecule has 0 aliphatic carbocycles. The van der Waals surface area contributed by atoms with E-state index in [0.29, 0.717) is 5.03 Å². The van der Waals surface area contributed by atoms with Gasteiger partial charge >= 0.3 is 0 Å². The Labute approximate surface area is 118 Å². The molecule has 1 heterocycles. The van der Waals surface area contributed by atoms with Gasteiger partial charge in [0.15, 0.2) is 0 Å². The zero-order chi connectivity index (χ0) is 13.8. The molecule has 0 saturated carbocycles. The molecule has 0 aliphatic rings. The molecule has 0 unspecified atom stereocenters. The van der Waals surface area contributed by atoms with Crippen molar-refractivity contribution in [3.8, 4) is 0 Å². The van der Waals surface area contributed by atoms with Crippen LogP contribution in [0.3, 0.4) is 0 Å². The lowest BCUT2D eigenvalue weighted by molar-refractivity contribution is -0.385. The molecule has 0 saturated heterocycles. The van der Waals surface area contributed by atoms with Crippen LogP contribution in [0.1, 0.15) is 5.56 Å². The summed E-state index contributed by atoms with van der Waals surface area (Å²) in [5.41, 5.74) is 0.678. The lowest BCUT2D eigenvalue weighted by Gasteiger charge is -2.03. The SMILES string of the molecule is O=[N+]([O-])c1cnc(Sc2ccc(CO)cc2)c(Cl)c1. The summed E-state index contributed by atoms with van der Waals surface area (Å²) in [5, 5.41) is 20.3. The Morgan fingerprint density at radius 2 is 2.05 bits per heavy atom. The minimum Gasteiger partial charge on any atom is -0.392 e. The normalized spacial score (nSPS) is 10.4. The summed E-state index contributed by atoms with van der Waals surface area (Å²) in [5.74, 6) is 0. The highest BCUT2D eigenvalue weighted by Gasteiger charge is 2.11. The number of rotatable bonds is 4. The van der Waals surface area contributed by atoms with Gasteiger partial charge in [-0.15, -0.1) is 0 Å². The third kappa shape index (κ3) is 3.44. The summed E-state index contributed by atoms with van der Waals surface area (Å²) < 4.78 is 0. The van der Waals surface area contributed by atoms with Crippen LogP contribution in [0.2, 0.25) is 5.02 Å². The summed E-state index contributed by atoms with van der Waals surface area (Å²) in [6.07, 6.45) is 1.18. The fraction of sp³-hybridized carbons (Fsp3) is 0.0833. The highest BCUT2D eigenvalue weighted by molar-refractivity contribution is 7.99. The molecule has 1 aromatic heterocycles. The van der Waals surface area contributed by atoms with Crippen LogP contribution in [0.15, 0.2) is 46.5 Å². The number of nitrogens with zero attached hydrogens (tertiary/aromatic N) is 2. The Bertz CT molecular complexity index is 604. The van der Waals surface area contributed by atoms with Gasteiger partial charge in [-0.3, -0.25) is 10.1 Å². The molecule has 7 heteroatoms. The first-order valence-corrected chi connectivity index (χ1v) is 6.47. The molecule has 0 fully saturated rings. The predicted octanol–water partition coefficient (Wildman–Crippen LogP) is 3.29. The van der Waals surface area contributed by atoms with Crippen LogP contribution in [-0.4, -0.2) is 15.0 Å². The number of hydrogen-bond donors (Lipinski definition) is 1. The molecular formula is C12H9ClN2O3S. The molecule has 0 radical (unpaired) electrons. The van der Waals surface area contributed by atoms with E-state index < -0.39 is 4.92 Å². The van der Waals surface area contributed by atoms with E-state index >= 15 is 0 Å². The number of aromatic nitrogens is 1. The van der Waals surface area contributed by atoms with E-state index in [1.807, 2.05) is 12.1 Å². The third-order valence-electron chi connectivity index (χ3n) is 2.32. The molecule has 1 aromatic carbocycles. The lowest BCUT2D eigenvalue weighted by Crippen LogP contribution is -1.90. The first-order chi connectivity index (χ1) is 9.10. The molecule has 2 aromatic rings. The molecule has 0 atom stereocenters. The van der Waals surface area contributed by atoms with E-state index in [9.17, 15) is 10.1 Å². The minimum atomic E-state index is -0.538. The van der Waals surface area contributed by atoms with Crippen molar-refractivity contribution >= 4 is 29.1 Å². The molecule has 1 N–H and O–H groups in total. The quantitative estimate of drug-likeness (QED) is 0.692. The van der Waals surface area contributed by atoms with Crippen LogP contribution in [0.4, 0.5) is 5.69 Å². The fourth-order valence-corrected chi connectivity index (χ4v) is 2.40. The smallest absolute Gasteiger partial charge is 0.289 e. The van der Waals surface area contributed by atoms with Gasteiger partial charge < -0.3 is 5.11 Å². The highest BCUT2D eigenvalue weighted by Crippen LogP contribution is 2.33. The maximum atomic E-state index is 10.6. The number of halogens is 1. The molecule has 2 rings (SSSR count). The van der Waals surface area contributed by atoms with E-state index in [0.717, 1.165) is 10.5 Å². The molecule has 0 amide bonds. The van der Waals surface area contributed by atoms with Crippen LogP contribution in [0.5, 0.6) is 0 Å². The molecule has 0 spiro atoms. The second-order valence-corrected chi connectivity index (χ2v) is 5.11. The van der Waals surface area contributed by atoms with Gasteiger partial charge in [0.25, 0.3) is 5.69 Å². The number of nitro groups is 1. The Kier molecular flexibility index (Phi) is 4.36. The van der Waals surface area contributed by atoms with Gasteiger partial charge in [0.2, 0.25) is 0 Å². The Morgan fingerprint density at radius 3 is 2.58 bits per heavy atom. The number of pyridine rings is 1. The van der Waals surface area contributed by atoms with Gasteiger partial charge in [-0.2, -0.15) is 0 Å². The highest BCUT2D eigenvalue weighted by atomic mass is 35.5. The van der Waals surface area contributed by atoms with E-state index in [4.69, 9.17) is 16.7 Å². The molecule has 19 heavy (non-hydrogen) atoms. The molecule has 98 valence electrons. The summed E-state index contributed by atoms with van der Waals surface area (Å²) in [4.78, 5) is 14.9. The zero-order valence-corrected chi connectivity index (χ0v) is 11.2. The topological polar surface area (TPSA) is 76.3 Å². The minimum absolute atomic E-state index is 0.0124. The van der Waals surface area contributed by atoms with E-state index in [2.05, 4.69) is 4.98 Å². The Morgan fingerprint density at radius 1 is 1.37 bits per heavy atom. The van der Waals surface area contributed by atoms with Crippen molar-refractivity contribution in [1.82, 2.24) is 4.98 Å². The van der Waals surface area contributed by atoms with Gasteiger partial charge in [0, 0.05) is 11.0 Å². The maximum Gasteiger partial charge on any atom is 0.289 e. The van der Waals surface area contributed by atoms with E-state index in [-0.39, 0.29) is 17.3 Å². The van der Waals surface area contributed by atoms with Crippen LogP contribution in [-0.2, 0) is 6.61 Å². The molecule has 5 nitrogen and oxygen atoms in total. The van der Waals surface area contributed by atoms with Crippen LogP contribution in [0.25, 0.3) is 0 Å². The van der Waals surface area contributed by atoms with Crippen LogP contribution in [0, 0.1) is 10.1 Å². The average molecular weight is 297 g/mol. The second-order valence-electron chi connectivity index (χ2n) is 3.64. The van der Waals surface area contributed by atoms with Gasteiger partial charge in [-0.05, 0) is 17.7 Å². The molecule has 0 aliphatic heterocycles. The largest absolute Gasteiger partial charge is 0.392 e. The van der Waals surface area contributed by atoms with Gasteiger partial charge in [-0.25, -0.2) is 4.98 Å². The summed E-state index contributed by atoms with van der Waals surface area (Å²) in [7, 11) is 0. The van der Waals surface area contributed by atoms with E-state index in [1.165, 1.54) is 24.0 Å². The van der Waals surface area contributed by atoms with E-state index in [1.54, 1.807) is 12.1 Å². The van der Waals surface area contributed by atoms with Crippen molar-refractivity contribution in [3.63, 3.8) is 0 Å². The number of aliphatic hydroxyl groups excluding tert-OH is 1. The molecular weight excluding hydrogens is 288 g/mol. The van der Waals surface area contributed by atoms with Crippen molar-refractivity contribution in [2.45, 2.75) is 16.5 Å². The lowest BCUT2D eigenvalue weighted by atomic mass is 10.2. The standard InChI is InChI=1S/C12H9ClN2O3S/c13-11-5-9(15(17)18)6-14-12(11)19-10-3-1-8(7-16)2-4-10/h1-6,16H,7H2. The van der Waals surface area contributed by atoms with Gasteiger partial charge in [-0.1, -0.05) is 35.5 Å². The Balaban J connectivity index is 2.20. The number of hydrogen-bond acceptors (Lipinski definition) is 5. The van der Waals surface area contributed by atoms with Crippen LogP contribution >= 0.6 is 23.4 Å². The number of aliphatic hydroxyl groups is 1. The number of benzene rings is 1. The van der Waals surface area contributed by atoms with Crippen molar-refractivity contribution < 1.29 is 10.0 Å². The first kappa shape index (κ1) is 13.8. The monoisotopic (exact) mass is 296 g/mol. The van der Waals surface area contributed by atoms with Crippen molar-refractivity contribution in [3.05, 3.63) is 57.2 Å². The van der Waals surface area contributed by atoms with Gasteiger partial charge in [0.05, 0.1) is 16.6 Å². The van der Waals surface area contributed by atoms with Crippen molar-refractivity contribution in [2.24, 2.45) is 0 Å². The van der Waals surface area contributed by atoms with Crippen LogP contribution < -0.4 is 0 Å². The summed E-state index contributed by atoms with van der Waals surface area (Å²) >= 11 is 7.26. The van der Waals surface area contributed by atoms with Gasteiger partial charge in [0.1, 0.15) is 11.2 Å². The fourth-order valence-electron chi connectivity index (χ4n) is 1.36. The summed E-state index contributed by atoms with van der Waals surface area (Å²) in [6.45, 7) is -0.0124. The second kappa shape index (κ2) is 6.01. The summed E-state index contributed by atoms with van der Waals surface area (Å²) in [6, 6.07) is 8.52. The average Bonchev–Trinajstić information content (AvgIpc) is 2.41. The predicted molar refractivity (Wildman–Crippen MR) is 72.4 cm³/mol. The molecule has 0 bridgehead atoms. The first-order valence-electron chi connectivity index (χ1n) is 5.27. The maximum absolute atomic E-state index is 10.6. The Hall–Kier alpha value is -1.63. The zero-order valence-electron chi connectivity index (χ0n) is 9.62. The van der Waals surface area contributed by atoms with Crippen molar-refractivity contribution in [1.29, 1.82) is 0 Å². The third-order valence-corrected chi connectivity index (χ3v) is 3.75.